The normalized spacial score (nSPS) is 15.8. The van der Waals surface area contributed by atoms with Crippen LogP contribution in [0.15, 0.2) is 40.9 Å². The lowest BCUT2D eigenvalue weighted by atomic mass is 9.89. The number of carbonyl (C=O) groups is 1. The van der Waals surface area contributed by atoms with Crippen molar-refractivity contribution in [1.82, 2.24) is 4.98 Å². The fourth-order valence-electron chi connectivity index (χ4n) is 3.61. The van der Waals surface area contributed by atoms with Crippen molar-refractivity contribution in [2.75, 3.05) is 13.2 Å². The molecular weight excluding hydrogens is 416 g/mol. The van der Waals surface area contributed by atoms with Gasteiger partial charge in [0, 0.05) is 37.6 Å². The van der Waals surface area contributed by atoms with E-state index < -0.39 is 11.8 Å². The third-order valence-electron chi connectivity index (χ3n) is 4.99. The fraction of sp³-hybridized carbons (Fsp3) is 0.250. The second-order valence-corrected chi connectivity index (χ2v) is 7.94. The summed E-state index contributed by atoms with van der Waals surface area (Å²) in [5, 5.41) is 2.75. The van der Waals surface area contributed by atoms with Crippen LogP contribution in [0, 0.1) is 6.92 Å². The number of carbonyl (C=O) groups excluding carboxylic acids is 1. The molecule has 1 atom stereocenters. The minimum atomic E-state index is -0.603. The summed E-state index contributed by atoms with van der Waals surface area (Å²) in [6.07, 6.45) is 0. The number of benzene rings is 2. The molecule has 0 spiro atoms. The molecule has 0 bridgehead atoms. The Labute approximate surface area is 164 Å². The minimum absolute atomic E-state index is 0.379. The van der Waals surface area contributed by atoms with Crippen molar-refractivity contribution in [2.24, 2.45) is 5.73 Å². The number of ether oxygens (including phenoxy) is 1. The number of amides is 1. The van der Waals surface area contributed by atoms with Gasteiger partial charge >= 0.3 is 0 Å². The van der Waals surface area contributed by atoms with Crippen LogP contribution in [0.25, 0.3) is 10.8 Å². The summed E-state index contributed by atoms with van der Waals surface area (Å²) in [6.45, 7) is 3.50. The van der Waals surface area contributed by atoms with E-state index in [0.717, 1.165) is 39.7 Å². The maximum atomic E-state index is 12.3. The van der Waals surface area contributed by atoms with Crippen LogP contribution >= 0.6 is 27.5 Å². The summed E-state index contributed by atoms with van der Waals surface area (Å²) >= 11 is 10.0. The first-order chi connectivity index (χ1) is 12.5. The summed E-state index contributed by atoms with van der Waals surface area (Å²) in [5.74, 6) is -0.650. The fourth-order valence-corrected chi connectivity index (χ4v) is 4.55. The third kappa shape index (κ3) is 2.84. The van der Waals surface area contributed by atoms with Crippen molar-refractivity contribution < 1.29 is 9.53 Å². The molecule has 1 saturated heterocycles. The molecular formula is C20H18BrClN2O2. The van der Waals surface area contributed by atoms with Crippen LogP contribution in [0.2, 0.25) is 5.02 Å². The lowest BCUT2D eigenvalue weighted by Gasteiger charge is -2.25. The predicted octanol–water partition coefficient (Wildman–Crippen LogP) is 4.62. The zero-order valence-corrected chi connectivity index (χ0v) is 16.5. The van der Waals surface area contributed by atoms with Crippen LogP contribution in [-0.4, -0.2) is 24.1 Å². The van der Waals surface area contributed by atoms with Crippen molar-refractivity contribution in [3.05, 3.63) is 68.4 Å². The molecule has 1 aromatic heterocycles. The summed E-state index contributed by atoms with van der Waals surface area (Å²) in [6, 6.07) is 11.3. The van der Waals surface area contributed by atoms with Gasteiger partial charge in [0.25, 0.3) is 0 Å². The Kier molecular flexibility index (Phi) is 4.55. The molecule has 6 heteroatoms. The average Bonchev–Trinajstić information content (AvgIpc) is 2.85. The number of H-pyrrole nitrogens is 1. The number of nitrogens with one attached hydrogen (secondary N) is 1. The van der Waals surface area contributed by atoms with Crippen molar-refractivity contribution in [3.63, 3.8) is 0 Å². The van der Waals surface area contributed by atoms with Crippen LogP contribution in [0.5, 0.6) is 0 Å². The number of nitrogens with two attached hydrogens (primary N) is 1. The topological polar surface area (TPSA) is 68.1 Å². The van der Waals surface area contributed by atoms with E-state index in [1.807, 2.05) is 37.3 Å². The molecule has 1 aliphatic rings. The van der Waals surface area contributed by atoms with E-state index >= 15 is 0 Å². The maximum absolute atomic E-state index is 12.3. The van der Waals surface area contributed by atoms with Gasteiger partial charge in [0.2, 0.25) is 5.91 Å². The Balaban J connectivity index is 1.90. The zero-order valence-electron chi connectivity index (χ0n) is 14.2. The van der Waals surface area contributed by atoms with Crippen molar-refractivity contribution in [2.45, 2.75) is 18.8 Å². The largest absolute Gasteiger partial charge is 0.380 e. The summed E-state index contributed by atoms with van der Waals surface area (Å²) in [4.78, 5) is 15.8. The van der Waals surface area contributed by atoms with Gasteiger partial charge in [-0.3, -0.25) is 4.79 Å². The number of hydrogen-bond acceptors (Lipinski definition) is 2. The van der Waals surface area contributed by atoms with Crippen molar-refractivity contribution in [1.29, 1.82) is 0 Å². The molecule has 1 unspecified atom stereocenters. The Hall–Kier alpha value is -1.82. The van der Waals surface area contributed by atoms with E-state index in [-0.39, 0.29) is 0 Å². The Morgan fingerprint density at radius 1 is 1.35 bits per heavy atom. The smallest absolute Gasteiger partial charge is 0.229 e. The summed E-state index contributed by atoms with van der Waals surface area (Å²) in [5.41, 5.74) is 9.53. The highest BCUT2D eigenvalue weighted by Gasteiger charge is 2.28. The number of aryl methyl sites for hydroxylation is 1. The number of aromatic nitrogens is 1. The van der Waals surface area contributed by atoms with Crippen molar-refractivity contribution in [3.8, 4) is 0 Å². The molecule has 0 aliphatic carbocycles. The van der Waals surface area contributed by atoms with Gasteiger partial charge in [-0.2, -0.15) is 0 Å². The lowest BCUT2D eigenvalue weighted by molar-refractivity contribution is -0.118. The van der Waals surface area contributed by atoms with E-state index in [1.165, 1.54) is 5.69 Å². The molecule has 1 aliphatic heterocycles. The van der Waals surface area contributed by atoms with Gasteiger partial charge in [-0.25, -0.2) is 0 Å². The van der Waals surface area contributed by atoms with Gasteiger partial charge in [-0.15, -0.1) is 0 Å². The lowest BCUT2D eigenvalue weighted by Crippen LogP contribution is -2.25. The number of rotatable bonds is 4. The van der Waals surface area contributed by atoms with E-state index in [2.05, 4.69) is 20.9 Å². The molecule has 1 fully saturated rings. The van der Waals surface area contributed by atoms with Crippen LogP contribution in [-0.2, 0) is 9.53 Å². The second kappa shape index (κ2) is 6.72. The first-order valence-corrected chi connectivity index (χ1v) is 9.57. The Bertz CT molecular complexity index is 1010. The highest BCUT2D eigenvalue weighted by atomic mass is 79.9. The van der Waals surface area contributed by atoms with Gasteiger partial charge in [0.15, 0.2) is 0 Å². The monoisotopic (exact) mass is 432 g/mol. The van der Waals surface area contributed by atoms with Crippen LogP contribution in [0.4, 0.5) is 0 Å². The van der Waals surface area contributed by atoms with Crippen LogP contribution in [0.1, 0.15) is 34.4 Å². The van der Waals surface area contributed by atoms with Crippen LogP contribution < -0.4 is 5.73 Å². The zero-order chi connectivity index (χ0) is 18.4. The van der Waals surface area contributed by atoms with Gasteiger partial charge < -0.3 is 15.5 Å². The first-order valence-electron chi connectivity index (χ1n) is 8.40. The molecule has 26 heavy (non-hydrogen) atoms. The molecule has 3 N–H and O–H groups in total. The molecule has 2 heterocycles. The Morgan fingerprint density at radius 2 is 2.08 bits per heavy atom. The van der Waals surface area contributed by atoms with Crippen molar-refractivity contribution >= 4 is 44.2 Å². The predicted molar refractivity (Wildman–Crippen MR) is 107 cm³/mol. The first kappa shape index (κ1) is 17.6. The second-order valence-electron chi connectivity index (χ2n) is 6.68. The number of aromatic amines is 1. The number of hydrogen-bond donors (Lipinski definition) is 2. The molecule has 4 rings (SSSR count). The highest BCUT2D eigenvalue weighted by molar-refractivity contribution is 9.10. The summed E-state index contributed by atoms with van der Waals surface area (Å²) in [7, 11) is 0. The molecule has 134 valence electrons. The molecule has 1 amide bonds. The maximum Gasteiger partial charge on any atom is 0.229 e. The molecule has 0 saturated carbocycles. The van der Waals surface area contributed by atoms with E-state index in [9.17, 15) is 4.79 Å². The van der Waals surface area contributed by atoms with Gasteiger partial charge in [-0.05, 0) is 36.2 Å². The van der Waals surface area contributed by atoms with E-state index in [0.29, 0.717) is 16.5 Å². The molecule has 3 aromatic rings. The Morgan fingerprint density at radius 3 is 2.69 bits per heavy atom. The van der Waals surface area contributed by atoms with Gasteiger partial charge in [0.1, 0.15) is 0 Å². The molecule has 2 aromatic carbocycles. The third-order valence-corrected chi connectivity index (χ3v) is 5.96. The molecule has 4 nitrogen and oxygen atoms in total. The molecule has 0 radical (unpaired) electrons. The standard InChI is InChI=1S/C20H18BrClN2O2/c1-10-14-6-11(17(20(23)25)13-4-2-3-5-16(13)22)7-15(21)18(14)19(24-10)12-8-26-9-12/h2-7,12,17,24H,8-9H2,1H3,(H2,23,25). The van der Waals surface area contributed by atoms with E-state index in [4.69, 9.17) is 22.1 Å². The van der Waals surface area contributed by atoms with E-state index in [1.54, 1.807) is 6.07 Å². The average molecular weight is 434 g/mol. The quantitative estimate of drug-likeness (QED) is 0.630. The number of halogens is 2. The van der Waals surface area contributed by atoms with Gasteiger partial charge in [-0.1, -0.05) is 45.7 Å². The highest BCUT2D eigenvalue weighted by Crippen LogP contribution is 2.40. The summed E-state index contributed by atoms with van der Waals surface area (Å²) < 4.78 is 6.28. The number of fused-ring (bicyclic) bond motifs is 1. The minimum Gasteiger partial charge on any atom is -0.380 e. The SMILES string of the molecule is Cc1[nH]c(C2COC2)c2c(Br)cc(C(C(N)=O)c3ccccc3Cl)cc12. The van der Waals surface area contributed by atoms with Crippen LogP contribution in [0.3, 0.4) is 0 Å². The number of primary amides is 1. The van der Waals surface area contributed by atoms with Gasteiger partial charge in [0.05, 0.1) is 19.1 Å².